The maximum Gasteiger partial charge on any atom is 0.574 e. The van der Waals surface area contributed by atoms with Crippen molar-refractivity contribution in [2.75, 3.05) is 5.73 Å². The van der Waals surface area contributed by atoms with Gasteiger partial charge in [0.05, 0.1) is 11.4 Å². The summed E-state index contributed by atoms with van der Waals surface area (Å²) in [5, 5.41) is 0. The van der Waals surface area contributed by atoms with Gasteiger partial charge in [0, 0.05) is 6.54 Å². The Hall–Kier alpha value is -1.50. The second-order valence-corrected chi connectivity index (χ2v) is 2.90. The number of nitrogens with zero attached hydrogens (tertiary/aromatic N) is 1. The molecule has 15 heavy (non-hydrogen) atoms. The van der Waals surface area contributed by atoms with Crippen molar-refractivity contribution < 1.29 is 17.9 Å². The Morgan fingerprint density at radius 2 is 2.07 bits per heavy atom. The first-order valence-electron chi connectivity index (χ1n) is 4.05. The van der Waals surface area contributed by atoms with Gasteiger partial charge >= 0.3 is 6.36 Å². The molecule has 0 saturated carbocycles. The summed E-state index contributed by atoms with van der Waals surface area (Å²) in [6, 6.07) is 1.51. The summed E-state index contributed by atoms with van der Waals surface area (Å²) in [7, 11) is 0. The Morgan fingerprint density at radius 1 is 1.47 bits per heavy atom. The first kappa shape index (κ1) is 11.6. The molecule has 0 atom stereocenters. The summed E-state index contributed by atoms with van der Waals surface area (Å²) in [5.41, 5.74) is 11.3. The molecular formula is C8H10F3N3O. The highest BCUT2D eigenvalue weighted by atomic mass is 19.4. The first-order chi connectivity index (χ1) is 6.83. The Labute approximate surface area is 84.0 Å². The summed E-state index contributed by atoms with van der Waals surface area (Å²) in [6.07, 6.45) is -4.80. The van der Waals surface area contributed by atoms with Gasteiger partial charge in [-0.1, -0.05) is 0 Å². The molecule has 0 radical (unpaired) electrons. The standard InChI is InChI=1S/C8H10F3N3O/c1-4-2-5(3-12)14-7(6(4)13)15-8(9,10)11/h2H,3,12-13H2,1H3. The molecule has 0 spiro atoms. The minimum atomic E-state index is -4.80. The van der Waals surface area contributed by atoms with Crippen molar-refractivity contribution in [3.8, 4) is 5.88 Å². The molecule has 0 unspecified atom stereocenters. The molecule has 4 N–H and O–H groups in total. The third-order valence-corrected chi connectivity index (χ3v) is 1.71. The van der Waals surface area contributed by atoms with Crippen molar-refractivity contribution in [1.82, 2.24) is 4.98 Å². The predicted molar refractivity (Wildman–Crippen MR) is 48.0 cm³/mol. The lowest BCUT2D eigenvalue weighted by Crippen LogP contribution is -2.20. The molecule has 1 rings (SSSR count). The van der Waals surface area contributed by atoms with E-state index in [1.807, 2.05) is 0 Å². The molecule has 0 aliphatic carbocycles. The van der Waals surface area contributed by atoms with Crippen LogP contribution < -0.4 is 16.2 Å². The van der Waals surface area contributed by atoms with Crippen LogP contribution in [0.4, 0.5) is 18.9 Å². The van der Waals surface area contributed by atoms with Crippen LogP contribution in [0, 0.1) is 6.92 Å². The number of alkyl halides is 3. The fourth-order valence-corrected chi connectivity index (χ4v) is 1.01. The van der Waals surface area contributed by atoms with Crippen molar-refractivity contribution in [3.63, 3.8) is 0 Å². The lowest BCUT2D eigenvalue weighted by Gasteiger charge is -2.12. The average Bonchev–Trinajstić information content (AvgIpc) is 2.10. The number of aryl methyl sites for hydroxylation is 1. The Balaban J connectivity index is 3.11. The van der Waals surface area contributed by atoms with Crippen LogP contribution in [0.3, 0.4) is 0 Å². The summed E-state index contributed by atoms with van der Waals surface area (Å²) in [5.74, 6) is -0.650. The van der Waals surface area contributed by atoms with E-state index >= 15 is 0 Å². The van der Waals surface area contributed by atoms with Crippen LogP contribution in [-0.2, 0) is 6.54 Å². The van der Waals surface area contributed by atoms with Gasteiger partial charge in [-0.05, 0) is 18.6 Å². The molecule has 0 aliphatic rings. The summed E-state index contributed by atoms with van der Waals surface area (Å²) in [6.45, 7) is 1.58. The molecule has 0 aliphatic heterocycles. The molecular weight excluding hydrogens is 211 g/mol. The predicted octanol–water partition coefficient (Wildman–Crippen LogP) is 1.33. The van der Waals surface area contributed by atoms with E-state index in [9.17, 15) is 13.2 Å². The number of hydrogen-bond acceptors (Lipinski definition) is 4. The van der Waals surface area contributed by atoms with Crippen molar-refractivity contribution in [1.29, 1.82) is 0 Å². The quantitative estimate of drug-likeness (QED) is 0.790. The summed E-state index contributed by atoms with van der Waals surface area (Å²) in [4.78, 5) is 3.54. The highest BCUT2D eigenvalue weighted by Crippen LogP contribution is 2.28. The van der Waals surface area contributed by atoms with Gasteiger partial charge in [0.1, 0.15) is 0 Å². The van der Waals surface area contributed by atoms with E-state index in [0.717, 1.165) is 0 Å². The van der Waals surface area contributed by atoms with E-state index in [0.29, 0.717) is 11.3 Å². The van der Waals surface area contributed by atoms with E-state index in [1.54, 1.807) is 6.92 Å². The molecule has 4 nitrogen and oxygen atoms in total. The average molecular weight is 221 g/mol. The maximum absolute atomic E-state index is 11.9. The first-order valence-corrected chi connectivity index (χ1v) is 4.05. The zero-order valence-electron chi connectivity index (χ0n) is 7.93. The second-order valence-electron chi connectivity index (χ2n) is 2.90. The minimum Gasteiger partial charge on any atom is -0.394 e. The van der Waals surface area contributed by atoms with Crippen LogP contribution in [0.2, 0.25) is 0 Å². The van der Waals surface area contributed by atoms with Crippen molar-refractivity contribution in [2.45, 2.75) is 19.8 Å². The van der Waals surface area contributed by atoms with Crippen LogP contribution in [0.5, 0.6) is 5.88 Å². The van der Waals surface area contributed by atoms with Gasteiger partial charge in [-0.15, -0.1) is 13.2 Å². The van der Waals surface area contributed by atoms with Gasteiger partial charge in [-0.2, -0.15) is 0 Å². The lowest BCUT2D eigenvalue weighted by atomic mass is 10.2. The number of ether oxygens (including phenoxy) is 1. The smallest absolute Gasteiger partial charge is 0.394 e. The normalized spacial score (nSPS) is 11.5. The molecule has 0 amide bonds. The van der Waals surface area contributed by atoms with E-state index in [1.165, 1.54) is 6.07 Å². The van der Waals surface area contributed by atoms with Crippen LogP contribution in [0.25, 0.3) is 0 Å². The minimum absolute atomic E-state index is 0.0232. The van der Waals surface area contributed by atoms with E-state index in [-0.39, 0.29) is 12.2 Å². The Kier molecular flexibility index (Phi) is 3.04. The number of nitrogen functional groups attached to an aromatic ring is 1. The molecule has 0 saturated heterocycles. The van der Waals surface area contributed by atoms with Crippen LogP contribution in [0.1, 0.15) is 11.3 Å². The van der Waals surface area contributed by atoms with Crippen molar-refractivity contribution >= 4 is 5.69 Å². The fourth-order valence-electron chi connectivity index (χ4n) is 1.01. The van der Waals surface area contributed by atoms with Crippen molar-refractivity contribution in [3.05, 3.63) is 17.3 Å². The van der Waals surface area contributed by atoms with Gasteiger partial charge in [-0.3, -0.25) is 0 Å². The third-order valence-electron chi connectivity index (χ3n) is 1.71. The van der Waals surface area contributed by atoms with Gasteiger partial charge < -0.3 is 16.2 Å². The zero-order chi connectivity index (χ0) is 11.6. The summed E-state index contributed by atoms with van der Waals surface area (Å²) >= 11 is 0. The number of nitrogens with two attached hydrogens (primary N) is 2. The Bertz CT molecular complexity index is 365. The number of halogens is 3. The van der Waals surface area contributed by atoms with Gasteiger partial charge in [0.25, 0.3) is 0 Å². The molecule has 0 aromatic carbocycles. The van der Waals surface area contributed by atoms with Crippen molar-refractivity contribution in [2.24, 2.45) is 5.73 Å². The number of pyridine rings is 1. The second kappa shape index (κ2) is 3.93. The van der Waals surface area contributed by atoms with Gasteiger partial charge in [0.2, 0.25) is 5.88 Å². The lowest BCUT2D eigenvalue weighted by molar-refractivity contribution is -0.275. The molecule has 0 fully saturated rings. The fraction of sp³-hybridized carbons (Fsp3) is 0.375. The molecule has 1 aromatic heterocycles. The van der Waals surface area contributed by atoms with Gasteiger partial charge in [0.15, 0.2) is 0 Å². The largest absolute Gasteiger partial charge is 0.574 e. The maximum atomic E-state index is 11.9. The van der Waals surface area contributed by atoms with E-state index in [2.05, 4.69) is 9.72 Å². The number of anilines is 1. The van der Waals surface area contributed by atoms with Gasteiger partial charge in [-0.25, -0.2) is 4.98 Å². The number of hydrogen-bond donors (Lipinski definition) is 2. The molecule has 84 valence electrons. The zero-order valence-corrected chi connectivity index (χ0v) is 7.93. The summed E-state index contributed by atoms with van der Waals surface area (Å²) < 4.78 is 39.5. The molecule has 1 aromatic rings. The number of rotatable bonds is 2. The highest BCUT2D eigenvalue weighted by Gasteiger charge is 2.33. The number of aromatic nitrogens is 1. The van der Waals surface area contributed by atoms with E-state index in [4.69, 9.17) is 11.5 Å². The molecule has 7 heteroatoms. The van der Waals surface area contributed by atoms with E-state index < -0.39 is 12.2 Å². The topological polar surface area (TPSA) is 74.2 Å². The van der Waals surface area contributed by atoms with Crippen LogP contribution >= 0.6 is 0 Å². The SMILES string of the molecule is Cc1cc(CN)nc(OC(F)(F)F)c1N. The highest BCUT2D eigenvalue weighted by molar-refractivity contribution is 5.55. The monoisotopic (exact) mass is 221 g/mol. The van der Waals surface area contributed by atoms with Crippen LogP contribution in [0.15, 0.2) is 6.07 Å². The Morgan fingerprint density at radius 3 is 2.53 bits per heavy atom. The molecule has 0 bridgehead atoms. The third kappa shape index (κ3) is 2.98. The van der Waals surface area contributed by atoms with Crippen LogP contribution in [-0.4, -0.2) is 11.3 Å². The molecule has 1 heterocycles.